The first-order chi connectivity index (χ1) is 23.3. The van der Waals surface area contributed by atoms with Crippen LogP contribution >= 0.6 is 0 Å². The van der Waals surface area contributed by atoms with Crippen molar-refractivity contribution in [3.05, 3.63) is 145 Å². The molecule has 4 rings (SSSR count). The lowest BCUT2D eigenvalue weighted by Crippen LogP contribution is -2.11. The van der Waals surface area contributed by atoms with E-state index in [1.807, 2.05) is 36.4 Å². The lowest BCUT2D eigenvalue weighted by Gasteiger charge is -2.14. The zero-order chi connectivity index (χ0) is 35.7. The largest absolute Gasteiger partial charge is 0.423 e. The molecule has 244 valence electrons. The fourth-order valence-corrected chi connectivity index (χ4v) is 4.08. The minimum atomic E-state index is -0.742. The fraction of sp³-hybridized carbons (Fsp3) is 0.0732. The molecule has 0 heterocycles. The van der Waals surface area contributed by atoms with Gasteiger partial charge in [0.1, 0.15) is 17.1 Å². The number of rotatable bonds is 10. The smallest absolute Gasteiger partial charge is 0.338 e. The van der Waals surface area contributed by atoms with E-state index in [-0.39, 0.29) is 28.2 Å². The van der Waals surface area contributed by atoms with Gasteiger partial charge in [-0.1, -0.05) is 74.6 Å². The summed E-state index contributed by atoms with van der Waals surface area (Å²) in [6.07, 6.45) is 1.01. The van der Waals surface area contributed by atoms with Gasteiger partial charge in [-0.05, 0) is 91.6 Å². The maximum Gasteiger partial charge on any atom is 0.338 e. The monoisotopic (exact) mass is 652 g/mol. The maximum absolute atomic E-state index is 12.7. The second-order valence-electron chi connectivity index (χ2n) is 10.9. The van der Waals surface area contributed by atoms with Crippen LogP contribution in [0, 0.1) is 11.8 Å². The molecule has 0 spiro atoms. The van der Waals surface area contributed by atoms with Crippen LogP contribution in [0.2, 0.25) is 0 Å². The van der Waals surface area contributed by atoms with Crippen LogP contribution < -0.4 is 18.9 Å². The van der Waals surface area contributed by atoms with Crippen molar-refractivity contribution in [1.29, 1.82) is 0 Å². The summed E-state index contributed by atoms with van der Waals surface area (Å²) < 4.78 is 21.8. The average Bonchev–Trinajstić information content (AvgIpc) is 3.08. The van der Waals surface area contributed by atoms with Gasteiger partial charge in [0.15, 0.2) is 11.5 Å². The molecule has 0 amide bonds. The molecule has 0 saturated carbocycles. The lowest BCUT2D eigenvalue weighted by molar-refractivity contribution is -0.131. The highest BCUT2D eigenvalue weighted by molar-refractivity contribution is 5.91. The van der Waals surface area contributed by atoms with Crippen LogP contribution in [0.3, 0.4) is 0 Å². The summed E-state index contributed by atoms with van der Waals surface area (Å²) in [5.41, 5.74) is 4.44. The van der Waals surface area contributed by atoms with E-state index in [1.165, 1.54) is 6.92 Å². The molecule has 0 unspecified atom stereocenters. The van der Waals surface area contributed by atoms with Crippen molar-refractivity contribution in [2.75, 3.05) is 0 Å². The van der Waals surface area contributed by atoms with Gasteiger partial charge in [0.25, 0.3) is 0 Å². The summed E-state index contributed by atoms with van der Waals surface area (Å²) in [5.74, 6) is 4.23. The quantitative estimate of drug-likeness (QED) is 0.0736. The molecule has 0 aromatic heterocycles. The normalized spacial score (nSPS) is 10.0. The van der Waals surface area contributed by atoms with Crippen LogP contribution in [0.4, 0.5) is 0 Å². The van der Waals surface area contributed by atoms with Crippen molar-refractivity contribution < 1.29 is 38.1 Å². The van der Waals surface area contributed by atoms with Crippen LogP contribution in [0.1, 0.15) is 31.9 Å². The Balaban J connectivity index is 1.72. The third-order valence-electron chi connectivity index (χ3n) is 6.70. The Kier molecular flexibility index (Phi) is 11.3. The zero-order valence-corrected chi connectivity index (χ0v) is 27.3. The van der Waals surface area contributed by atoms with Crippen LogP contribution in [0.15, 0.2) is 134 Å². The molecule has 8 heteroatoms. The molecule has 0 aliphatic rings. The van der Waals surface area contributed by atoms with E-state index in [0.29, 0.717) is 28.2 Å². The Morgan fingerprint density at radius 2 is 0.918 bits per heavy atom. The average molecular weight is 653 g/mol. The highest BCUT2D eigenvalue weighted by atomic mass is 16.6. The van der Waals surface area contributed by atoms with Crippen LogP contribution in [0.5, 0.6) is 23.0 Å². The maximum atomic E-state index is 12.7. The number of benzene rings is 4. The zero-order valence-electron chi connectivity index (χ0n) is 27.3. The third-order valence-corrected chi connectivity index (χ3v) is 6.70. The highest BCUT2D eigenvalue weighted by Crippen LogP contribution is 2.36. The summed E-state index contributed by atoms with van der Waals surface area (Å²) in [6.45, 7) is 18.9. The summed E-state index contributed by atoms with van der Waals surface area (Å²) in [7, 11) is 0. The van der Waals surface area contributed by atoms with Crippen LogP contribution in [0.25, 0.3) is 22.3 Å². The van der Waals surface area contributed by atoms with Crippen LogP contribution in [-0.2, 0) is 19.2 Å². The molecule has 4 aromatic rings. The molecule has 0 atom stereocenters. The van der Waals surface area contributed by atoms with Gasteiger partial charge in [0, 0.05) is 28.4 Å². The number of hydrogen-bond acceptors (Lipinski definition) is 8. The molecule has 0 aliphatic carbocycles. The molecular weight excluding hydrogens is 620 g/mol. The fourth-order valence-electron chi connectivity index (χ4n) is 4.08. The van der Waals surface area contributed by atoms with Gasteiger partial charge in [0.05, 0.1) is 0 Å². The van der Waals surface area contributed by atoms with E-state index in [1.54, 1.807) is 62.4 Å². The second kappa shape index (κ2) is 15.7. The predicted molar refractivity (Wildman–Crippen MR) is 187 cm³/mol. The number of hydrogen-bond donors (Lipinski definition) is 0. The Morgan fingerprint density at radius 1 is 0.531 bits per heavy atom. The Labute approximate surface area is 284 Å². The molecule has 0 fully saturated rings. The van der Waals surface area contributed by atoms with Gasteiger partial charge in [0.2, 0.25) is 0 Å². The Hall–Kier alpha value is -6.72. The standard InChI is InChI=1S/C41H32O8/c1-8-38(42)48-36-23-32(31-14-12-29(13-15-31)30-16-20-34(21-17-30)47-40(44)26(4)5)24-37(49-41(45)27(6)7)35(36)22-11-28-9-18-33(19-10-28)46-39(43)25(2)3/h8-10,12-21,23-24H,1-2,4,6H2,3,5,7H3. The molecule has 0 N–H and O–H groups in total. The minimum Gasteiger partial charge on any atom is -0.423 e. The van der Waals surface area contributed by atoms with Crippen molar-refractivity contribution in [2.24, 2.45) is 0 Å². The molecule has 49 heavy (non-hydrogen) atoms. The van der Waals surface area contributed by atoms with Crippen molar-refractivity contribution >= 4 is 23.9 Å². The highest BCUT2D eigenvalue weighted by Gasteiger charge is 2.19. The van der Waals surface area contributed by atoms with Gasteiger partial charge < -0.3 is 18.9 Å². The molecule has 0 radical (unpaired) electrons. The number of carbonyl (C=O) groups excluding carboxylic acids is 4. The van der Waals surface area contributed by atoms with Gasteiger partial charge in [-0.25, -0.2) is 19.2 Å². The lowest BCUT2D eigenvalue weighted by atomic mass is 9.98. The summed E-state index contributed by atoms with van der Waals surface area (Å²) in [4.78, 5) is 48.8. The number of ether oxygens (including phenoxy) is 4. The van der Waals surface area contributed by atoms with E-state index in [9.17, 15) is 19.2 Å². The molecule has 0 aliphatic heterocycles. The third kappa shape index (κ3) is 9.41. The van der Waals surface area contributed by atoms with Crippen molar-refractivity contribution in [3.63, 3.8) is 0 Å². The Bertz CT molecular complexity index is 2050. The first-order valence-electron chi connectivity index (χ1n) is 14.8. The van der Waals surface area contributed by atoms with E-state index in [0.717, 1.165) is 22.8 Å². The molecular formula is C41H32O8. The van der Waals surface area contributed by atoms with Gasteiger partial charge >= 0.3 is 23.9 Å². The van der Waals surface area contributed by atoms with E-state index >= 15 is 0 Å². The topological polar surface area (TPSA) is 105 Å². The molecule has 4 aromatic carbocycles. The molecule has 8 nitrogen and oxygen atoms in total. The van der Waals surface area contributed by atoms with Crippen LogP contribution in [-0.4, -0.2) is 23.9 Å². The van der Waals surface area contributed by atoms with Crippen molar-refractivity contribution in [1.82, 2.24) is 0 Å². The molecule has 0 saturated heterocycles. The first kappa shape index (κ1) is 35.1. The summed E-state index contributed by atoms with van der Waals surface area (Å²) in [6, 6.07) is 24.2. The van der Waals surface area contributed by atoms with Crippen molar-refractivity contribution in [3.8, 4) is 57.1 Å². The van der Waals surface area contributed by atoms with Gasteiger partial charge in [-0.15, -0.1) is 0 Å². The number of carbonyl (C=O) groups is 4. The summed E-state index contributed by atoms with van der Waals surface area (Å²) in [5, 5.41) is 0. The van der Waals surface area contributed by atoms with Gasteiger partial charge in [-0.2, -0.15) is 0 Å². The van der Waals surface area contributed by atoms with E-state index < -0.39 is 23.9 Å². The number of esters is 4. The summed E-state index contributed by atoms with van der Waals surface area (Å²) >= 11 is 0. The van der Waals surface area contributed by atoms with Gasteiger partial charge in [-0.3, -0.25) is 0 Å². The SMILES string of the molecule is C=CC(=O)Oc1cc(-c2ccc(-c3ccc(OC(=O)C(=C)C)cc3)cc2)cc(OC(=O)C(=C)C)c1C#Cc1ccc(OC(=O)C(=C)C)cc1. The minimum absolute atomic E-state index is 0.0374. The van der Waals surface area contributed by atoms with E-state index in [2.05, 4.69) is 38.2 Å². The van der Waals surface area contributed by atoms with E-state index in [4.69, 9.17) is 18.9 Å². The second-order valence-corrected chi connectivity index (χ2v) is 10.9. The predicted octanol–water partition coefficient (Wildman–Crippen LogP) is 7.96. The first-order valence-corrected chi connectivity index (χ1v) is 14.8. The molecule has 0 bridgehead atoms. The Morgan fingerprint density at radius 3 is 1.37 bits per heavy atom. The van der Waals surface area contributed by atoms with Crippen molar-refractivity contribution in [2.45, 2.75) is 20.8 Å².